The van der Waals surface area contributed by atoms with E-state index in [1.165, 1.54) is 12.8 Å². The summed E-state index contributed by atoms with van der Waals surface area (Å²) in [7, 11) is 0. The minimum atomic E-state index is -0.298. The van der Waals surface area contributed by atoms with E-state index in [1.807, 2.05) is 24.3 Å². The molecule has 0 saturated heterocycles. The van der Waals surface area contributed by atoms with Crippen LogP contribution in [0.15, 0.2) is 66.4 Å². The van der Waals surface area contributed by atoms with E-state index >= 15 is 0 Å². The molecule has 2 fully saturated rings. The van der Waals surface area contributed by atoms with Crippen LogP contribution in [-0.4, -0.2) is 22.1 Å². The molecule has 0 amide bonds. The molecule has 4 N–H and O–H groups in total. The molecule has 2 saturated carbocycles. The van der Waals surface area contributed by atoms with Crippen LogP contribution in [0.5, 0.6) is 0 Å². The first-order valence-electron chi connectivity index (χ1n) is 17.6. The van der Waals surface area contributed by atoms with Gasteiger partial charge in [0.15, 0.2) is 0 Å². The van der Waals surface area contributed by atoms with Gasteiger partial charge in [0.05, 0.1) is 22.5 Å². The highest BCUT2D eigenvalue weighted by Crippen LogP contribution is 2.50. The molecule has 1 spiro atoms. The molecule has 4 aliphatic rings. The second-order valence-corrected chi connectivity index (χ2v) is 16.0. The zero-order valence-electron chi connectivity index (χ0n) is 28.4. The molecule has 1 aliphatic heterocycles. The molecule has 3 aliphatic carbocycles. The first kappa shape index (κ1) is 30.1. The minimum Gasteiger partial charge on any atom is -0.506 e. The average Bonchev–Trinajstić information content (AvgIpc) is 2.98. The van der Waals surface area contributed by atoms with Crippen molar-refractivity contribution < 1.29 is 9.90 Å². The van der Waals surface area contributed by atoms with E-state index in [-0.39, 0.29) is 22.7 Å². The average molecular weight is 626 g/mol. The van der Waals surface area contributed by atoms with E-state index < -0.39 is 0 Å². The summed E-state index contributed by atoms with van der Waals surface area (Å²) >= 11 is 0. The lowest BCUT2D eigenvalue weighted by molar-refractivity contribution is -0.109. The molecule has 4 unspecified atom stereocenters. The van der Waals surface area contributed by atoms with Crippen molar-refractivity contribution in [3.05, 3.63) is 82.4 Å². The number of rotatable bonds is 3. The van der Waals surface area contributed by atoms with Gasteiger partial charge in [-0.15, -0.1) is 0 Å². The quantitative estimate of drug-likeness (QED) is 0.183. The molecule has 4 atom stereocenters. The highest BCUT2D eigenvalue weighted by Gasteiger charge is 2.44. The van der Waals surface area contributed by atoms with Crippen molar-refractivity contribution in [1.82, 2.24) is 0 Å². The number of nitrogens with one attached hydrogen (secondary N) is 3. The SMILES string of the molecule is C=c1cccc2cc/c(=C3\C(=O)C(c4ccc5cccc6c5c4NC4(CC(C)CC(C)C4)N6)=C3O)c(NC3(C)CC(C)CC(C)C3)c12. The van der Waals surface area contributed by atoms with E-state index in [0.29, 0.717) is 34.8 Å². The van der Waals surface area contributed by atoms with Gasteiger partial charge in [-0.25, -0.2) is 0 Å². The highest BCUT2D eigenvalue weighted by molar-refractivity contribution is 6.52. The van der Waals surface area contributed by atoms with Gasteiger partial charge in [0, 0.05) is 32.8 Å². The molecule has 8 rings (SSSR count). The van der Waals surface area contributed by atoms with Crippen molar-refractivity contribution in [2.45, 2.75) is 84.3 Å². The molecule has 242 valence electrons. The van der Waals surface area contributed by atoms with Crippen molar-refractivity contribution in [1.29, 1.82) is 0 Å². The number of hydrogen-bond acceptors (Lipinski definition) is 5. The summed E-state index contributed by atoms with van der Waals surface area (Å²) in [6, 6.07) is 20.7. The van der Waals surface area contributed by atoms with E-state index in [4.69, 9.17) is 0 Å². The molecule has 0 aromatic heterocycles. The number of carbonyl (C=O) groups is 1. The van der Waals surface area contributed by atoms with Gasteiger partial charge in [0.25, 0.3) is 0 Å². The van der Waals surface area contributed by atoms with Gasteiger partial charge in [-0.2, -0.15) is 0 Å². The van der Waals surface area contributed by atoms with Gasteiger partial charge in [-0.1, -0.05) is 88.9 Å². The van der Waals surface area contributed by atoms with Crippen LogP contribution in [0.25, 0.3) is 39.3 Å². The zero-order valence-corrected chi connectivity index (χ0v) is 28.4. The standard InChI is InChI=1S/C42H47N3O2/c1-23-17-24(2)20-41(6,19-23)44-37-30(15-13-28-10-7-9-27(5)33(28)37)35-39(46)36(40(35)47)31-16-14-29-11-8-12-32-34(29)38(31)45-42(43-32)21-25(3)18-26(4)22-42/h7-16,23-26,43-46H,5,17-22H2,1-4,6H3/b35-30+. The van der Waals surface area contributed by atoms with Crippen LogP contribution < -0.4 is 26.4 Å². The molecule has 0 radical (unpaired) electrons. The van der Waals surface area contributed by atoms with Crippen LogP contribution in [0.3, 0.4) is 0 Å². The van der Waals surface area contributed by atoms with Gasteiger partial charge < -0.3 is 21.1 Å². The molecule has 5 heteroatoms. The van der Waals surface area contributed by atoms with E-state index in [2.05, 4.69) is 93.5 Å². The van der Waals surface area contributed by atoms with Gasteiger partial charge >= 0.3 is 0 Å². The van der Waals surface area contributed by atoms with Gasteiger partial charge in [-0.05, 0) is 91.2 Å². The van der Waals surface area contributed by atoms with Crippen LogP contribution in [-0.2, 0) is 4.79 Å². The lowest BCUT2D eigenvalue weighted by atomic mass is 9.72. The van der Waals surface area contributed by atoms with Crippen LogP contribution in [0.1, 0.15) is 78.7 Å². The molecule has 47 heavy (non-hydrogen) atoms. The third-order valence-corrected chi connectivity index (χ3v) is 11.4. The van der Waals surface area contributed by atoms with E-state index in [0.717, 1.165) is 80.3 Å². The Balaban J connectivity index is 1.32. The fraction of sp³-hybridized carbons (Fsp3) is 0.405. The maximum atomic E-state index is 14.5. The van der Waals surface area contributed by atoms with Crippen LogP contribution in [0, 0.1) is 23.7 Å². The Labute approximate surface area is 277 Å². The number of hydrogen-bond donors (Lipinski definition) is 4. The monoisotopic (exact) mass is 625 g/mol. The van der Waals surface area contributed by atoms with Crippen molar-refractivity contribution in [2.75, 3.05) is 16.0 Å². The first-order valence-corrected chi connectivity index (χ1v) is 17.6. The first-order chi connectivity index (χ1) is 22.4. The Morgan fingerprint density at radius 3 is 2.06 bits per heavy atom. The summed E-state index contributed by atoms with van der Waals surface area (Å²) in [5, 5.41) is 29.7. The molecule has 0 bridgehead atoms. The largest absolute Gasteiger partial charge is 0.506 e. The maximum Gasteiger partial charge on any atom is 0.201 e. The number of ketones is 1. The number of benzene rings is 4. The number of anilines is 3. The third kappa shape index (κ3) is 4.84. The molecular formula is C42H47N3O2. The second kappa shape index (κ2) is 10.6. The molecule has 4 aromatic rings. The number of allylic oxidation sites excluding steroid dienone is 2. The number of carbonyl (C=O) groups excluding carboxylic acids is 1. The minimum absolute atomic E-state index is 0.0716. The van der Waals surface area contributed by atoms with E-state index in [9.17, 15) is 9.90 Å². The van der Waals surface area contributed by atoms with Crippen molar-refractivity contribution in [2.24, 2.45) is 23.7 Å². The smallest absolute Gasteiger partial charge is 0.201 e. The number of aliphatic hydroxyl groups excluding tert-OH is 1. The Morgan fingerprint density at radius 2 is 1.38 bits per heavy atom. The summed E-state index contributed by atoms with van der Waals surface area (Å²) in [6.07, 6.45) is 6.51. The molecule has 5 nitrogen and oxygen atoms in total. The van der Waals surface area contributed by atoms with Crippen molar-refractivity contribution in [3.63, 3.8) is 0 Å². The summed E-state index contributed by atoms with van der Waals surface area (Å²) in [5.74, 6) is 2.29. The Morgan fingerprint density at radius 1 is 0.766 bits per heavy atom. The highest BCUT2D eigenvalue weighted by atomic mass is 16.3. The Hall–Kier alpha value is -4.25. The number of Topliss-reactive ketones (excluding diaryl/α,β-unsaturated/α-hetero) is 1. The topological polar surface area (TPSA) is 73.4 Å². The predicted molar refractivity (Wildman–Crippen MR) is 197 cm³/mol. The summed E-state index contributed by atoms with van der Waals surface area (Å²) in [6.45, 7) is 16.0. The Bertz CT molecular complexity index is 2110. The van der Waals surface area contributed by atoms with Crippen LogP contribution in [0.4, 0.5) is 17.1 Å². The van der Waals surface area contributed by atoms with Gasteiger partial charge in [0.1, 0.15) is 11.4 Å². The van der Waals surface area contributed by atoms with E-state index in [1.54, 1.807) is 0 Å². The Kier molecular flexibility index (Phi) is 6.81. The fourth-order valence-corrected chi connectivity index (χ4v) is 10.3. The van der Waals surface area contributed by atoms with Crippen LogP contribution >= 0.6 is 0 Å². The summed E-state index contributed by atoms with van der Waals surface area (Å²) in [5.41, 5.74) is 4.05. The second-order valence-electron chi connectivity index (χ2n) is 16.0. The predicted octanol–water partition coefficient (Wildman–Crippen LogP) is 8.72. The third-order valence-electron chi connectivity index (χ3n) is 11.4. The lowest BCUT2D eigenvalue weighted by Gasteiger charge is -2.48. The summed E-state index contributed by atoms with van der Waals surface area (Å²) < 4.78 is 0. The molecule has 4 aromatic carbocycles. The summed E-state index contributed by atoms with van der Waals surface area (Å²) in [4.78, 5) is 14.5. The number of fused-ring (bicyclic) bond motifs is 1. The van der Waals surface area contributed by atoms with Gasteiger partial charge in [-0.3, -0.25) is 4.79 Å². The maximum absolute atomic E-state index is 14.5. The lowest BCUT2D eigenvalue weighted by Crippen LogP contribution is -2.53. The number of aliphatic hydroxyl groups is 1. The van der Waals surface area contributed by atoms with Crippen molar-refractivity contribution >= 4 is 62.1 Å². The molecule has 1 heterocycles. The zero-order chi connectivity index (χ0) is 32.8. The van der Waals surface area contributed by atoms with Crippen molar-refractivity contribution in [3.8, 4) is 0 Å². The fourth-order valence-electron chi connectivity index (χ4n) is 10.3. The molecular weight excluding hydrogens is 578 g/mol. The normalized spacial score (nSPS) is 31.5. The van der Waals surface area contributed by atoms with Gasteiger partial charge in [0.2, 0.25) is 5.78 Å². The van der Waals surface area contributed by atoms with Crippen LogP contribution in [0.2, 0.25) is 0 Å².